The lowest BCUT2D eigenvalue weighted by molar-refractivity contribution is -0.131. The summed E-state index contributed by atoms with van der Waals surface area (Å²) in [6, 6.07) is 6.69. The van der Waals surface area contributed by atoms with E-state index in [1.807, 2.05) is 13.8 Å². The molecule has 3 rings (SSSR count). The number of benzene rings is 1. The number of fused-ring (bicyclic) bond motifs is 1. The monoisotopic (exact) mass is 450 g/mol. The Bertz CT molecular complexity index is 889. The van der Waals surface area contributed by atoms with E-state index in [9.17, 15) is 13.2 Å². The zero-order valence-electron chi connectivity index (χ0n) is 19.8. The highest BCUT2D eigenvalue weighted by Crippen LogP contribution is 2.55. The molecule has 0 heterocycles. The number of Topliss-reactive ketones (excluding diaryl/α,β-unsaturated/α-hetero) is 1. The van der Waals surface area contributed by atoms with E-state index in [1.165, 1.54) is 0 Å². The second-order valence-corrected chi connectivity index (χ2v) is 12.0. The molecule has 5 atom stereocenters. The number of carbonyl (C=O) groups is 1. The van der Waals surface area contributed by atoms with Gasteiger partial charge in [-0.25, -0.2) is 0 Å². The van der Waals surface area contributed by atoms with E-state index in [0.717, 1.165) is 37.7 Å². The molecule has 0 bridgehead atoms. The Hall–Kier alpha value is -1.24. The number of carbonyl (C=O) groups excluding carboxylic acids is 1. The largest absolute Gasteiger partial charge is 0.378 e. The van der Waals surface area contributed by atoms with Crippen LogP contribution in [0, 0.1) is 30.1 Å². The Labute approximate surface area is 188 Å². The molecule has 0 aliphatic heterocycles. The van der Waals surface area contributed by atoms with Gasteiger partial charge < -0.3 is 4.74 Å². The van der Waals surface area contributed by atoms with Crippen LogP contribution in [-0.4, -0.2) is 32.5 Å². The molecule has 0 N–H and O–H groups in total. The van der Waals surface area contributed by atoms with Gasteiger partial charge in [0.05, 0.1) is 23.2 Å². The third-order valence-corrected chi connectivity index (χ3v) is 9.43. The van der Waals surface area contributed by atoms with Crippen molar-refractivity contribution in [2.45, 2.75) is 90.2 Å². The first-order valence-electron chi connectivity index (χ1n) is 11.5. The molecular weight excluding hydrogens is 412 g/mol. The lowest BCUT2D eigenvalue weighted by atomic mass is 9.64. The highest BCUT2D eigenvalue weighted by molar-refractivity contribution is 7.86. The molecule has 5 nitrogen and oxygen atoms in total. The van der Waals surface area contributed by atoms with Crippen molar-refractivity contribution in [1.82, 2.24) is 0 Å². The summed E-state index contributed by atoms with van der Waals surface area (Å²) < 4.78 is 37.4. The van der Waals surface area contributed by atoms with Crippen LogP contribution in [0.25, 0.3) is 0 Å². The first kappa shape index (κ1) is 24.4. The van der Waals surface area contributed by atoms with Crippen molar-refractivity contribution in [2.75, 3.05) is 6.61 Å². The molecule has 174 valence electrons. The van der Waals surface area contributed by atoms with Gasteiger partial charge in [0.1, 0.15) is 5.78 Å². The van der Waals surface area contributed by atoms with E-state index < -0.39 is 15.7 Å². The van der Waals surface area contributed by atoms with Crippen LogP contribution in [-0.2, 0) is 23.8 Å². The lowest BCUT2D eigenvalue weighted by Gasteiger charge is -2.42. The van der Waals surface area contributed by atoms with Crippen molar-refractivity contribution >= 4 is 15.9 Å². The van der Waals surface area contributed by atoms with Crippen molar-refractivity contribution in [3.05, 3.63) is 29.8 Å². The normalized spacial score (nSPS) is 28.9. The van der Waals surface area contributed by atoms with Crippen LogP contribution in [0.4, 0.5) is 0 Å². The first-order chi connectivity index (χ1) is 14.4. The fraction of sp³-hybridized carbons (Fsp3) is 0.720. The first-order valence-corrected chi connectivity index (χ1v) is 12.9. The van der Waals surface area contributed by atoms with Crippen LogP contribution in [0.15, 0.2) is 29.2 Å². The molecule has 0 spiro atoms. The number of ketones is 1. The van der Waals surface area contributed by atoms with E-state index in [-0.39, 0.29) is 28.3 Å². The van der Waals surface area contributed by atoms with Crippen molar-refractivity contribution in [3.8, 4) is 0 Å². The molecule has 0 radical (unpaired) electrons. The Kier molecular flexibility index (Phi) is 7.05. The number of hydrogen-bond donors (Lipinski definition) is 0. The molecule has 0 saturated heterocycles. The maximum Gasteiger partial charge on any atom is 0.297 e. The summed E-state index contributed by atoms with van der Waals surface area (Å²) in [5.74, 6) is 0.823. The highest BCUT2D eigenvalue weighted by atomic mass is 32.2. The van der Waals surface area contributed by atoms with Crippen LogP contribution in [0.1, 0.15) is 72.3 Å². The zero-order chi connectivity index (χ0) is 23.0. The second-order valence-electron chi connectivity index (χ2n) is 10.5. The zero-order valence-corrected chi connectivity index (χ0v) is 20.6. The predicted octanol–water partition coefficient (Wildman–Crippen LogP) is 5.31. The third-order valence-electron chi connectivity index (χ3n) is 7.93. The number of rotatable bonds is 8. The summed E-state index contributed by atoms with van der Waals surface area (Å²) in [7, 11) is -3.86. The van der Waals surface area contributed by atoms with E-state index in [0.29, 0.717) is 18.3 Å². The minimum Gasteiger partial charge on any atom is -0.378 e. The number of ether oxygens (including phenoxy) is 1. The van der Waals surface area contributed by atoms with Gasteiger partial charge in [0.2, 0.25) is 0 Å². The summed E-state index contributed by atoms with van der Waals surface area (Å²) in [6.07, 6.45) is 4.79. The standard InChI is InChI=1S/C25H38O5S/c1-17-9-11-20(12-10-17)31(27,28)30-24(4,5)18(2)16-29-19(3)21-13-14-22-23(26)8-7-15-25(21,22)6/h9-12,18-19,21-22H,7-8,13-16H2,1-6H3/t18-,19+,21?,22?,25?/m0/s1. The van der Waals surface area contributed by atoms with Crippen molar-refractivity contribution in [3.63, 3.8) is 0 Å². The van der Waals surface area contributed by atoms with Gasteiger partial charge in [-0.2, -0.15) is 8.42 Å². The summed E-state index contributed by atoms with van der Waals surface area (Å²) in [5.41, 5.74) is 0.113. The number of hydrogen-bond acceptors (Lipinski definition) is 5. The highest BCUT2D eigenvalue weighted by Gasteiger charge is 2.52. The van der Waals surface area contributed by atoms with Gasteiger partial charge in [0, 0.05) is 18.3 Å². The summed E-state index contributed by atoms with van der Waals surface area (Å²) in [4.78, 5) is 12.6. The SMILES string of the molecule is Cc1ccc(S(=O)(=O)OC(C)(C)[C@@H](C)CO[C@H](C)C2CCC3C(=O)CCCC32C)cc1. The summed E-state index contributed by atoms with van der Waals surface area (Å²) in [5, 5.41) is 0. The van der Waals surface area contributed by atoms with Gasteiger partial charge in [0.15, 0.2) is 0 Å². The molecule has 2 fully saturated rings. The maximum atomic E-state index is 12.7. The topological polar surface area (TPSA) is 69.7 Å². The molecule has 3 unspecified atom stereocenters. The van der Waals surface area contributed by atoms with Crippen LogP contribution < -0.4 is 0 Å². The fourth-order valence-corrected chi connectivity index (χ4v) is 6.77. The van der Waals surface area contributed by atoms with Crippen LogP contribution in [0.5, 0.6) is 0 Å². The van der Waals surface area contributed by atoms with Crippen LogP contribution >= 0.6 is 0 Å². The van der Waals surface area contributed by atoms with E-state index in [2.05, 4.69) is 13.8 Å². The maximum absolute atomic E-state index is 12.7. The van der Waals surface area contributed by atoms with Crippen molar-refractivity contribution in [1.29, 1.82) is 0 Å². The van der Waals surface area contributed by atoms with Gasteiger partial charge in [-0.3, -0.25) is 8.98 Å². The average molecular weight is 451 g/mol. The minimum absolute atomic E-state index is 0.0212. The van der Waals surface area contributed by atoms with Crippen LogP contribution in [0.3, 0.4) is 0 Å². The Morgan fingerprint density at radius 2 is 1.81 bits per heavy atom. The predicted molar refractivity (Wildman–Crippen MR) is 121 cm³/mol. The molecule has 0 amide bonds. The Morgan fingerprint density at radius 3 is 2.45 bits per heavy atom. The minimum atomic E-state index is -3.86. The third kappa shape index (κ3) is 5.07. The molecule has 2 saturated carbocycles. The summed E-state index contributed by atoms with van der Waals surface area (Å²) >= 11 is 0. The quantitative estimate of drug-likeness (QED) is 0.502. The van der Waals surface area contributed by atoms with Crippen molar-refractivity contribution in [2.24, 2.45) is 23.2 Å². The molecule has 2 aliphatic carbocycles. The second kappa shape index (κ2) is 8.95. The molecule has 2 aliphatic rings. The lowest BCUT2D eigenvalue weighted by Crippen LogP contribution is -2.43. The van der Waals surface area contributed by atoms with Gasteiger partial charge in [-0.15, -0.1) is 0 Å². The smallest absolute Gasteiger partial charge is 0.297 e. The van der Waals surface area contributed by atoms with Crippen LogP contribution in [0.2, 0.25) is 0 Å². The van der Waals surface area contributed by atoms with Gasteiger partial charge in [-0.05, 0) is 76.8 Å². The molecule has 31 heavy (non-hydrogen) atoms. The molecule has 1 aromatic carbocycles. The molecule has 0 aromatic heterocycles. The van der Waals surface area contributed by atoms with Gasteiger partial charge in [-0.1, -0.05) is 31.5 Å². The van der Waals surface area contributed by atoms with Gasteiger partial charge >= 0.3 is 0 Å². The van der Waals surface area contributed by atoms with E-state index in [1.54, 1.807) is 38.1 Å². The number of aryl methyl sites for hydroxylation is 1. The van der Waals surface area contributed by atoms with E-state index in [4.69, 9.17) is 8.92 Å². The Morgan fingerprint density at radius 1 is 1.16 bits per heavy atom. The van der Waals surface area contributed by atoms with E-state index >= 15 is 0 Å². The molecule has 6 heteroatoms. The fourth-order valence-electron chi connectivity index (χ4n) is 5.47. The Balaban J connectivity index is 1.61. The average Bonchev–Trinajstić information content (AvgIpc) is 3.03. The van der Waals surface area contributed by atoms with Gasteiger partial charge in [0.25, 0.3) is 10.1 Å². The van der Waals surface area contributed by atoms with Crippen molar-refractivity contribution < 1.29 is 22.1 Å². The summed E-state index contributed by atoms with van der Waals surface area (Å²) in [6.45, 7) is 12.2. The molecule has 1 aromatic rings. The molecular formula is C25H38O5S.